The van der Waals surface area contributed by atoms with Gasteiger partial charge in [0, 0.05) is 0 Å². The Balaban J connectivity index is 3.47. The molecule has 0 atom stereocenters. The summed E-state index contributed by atoms with van der Waals surface area (Å²) >= 11 is 0. The SMILES string of the molecule is CCCCCC[PH](C)(C)C(C)C. The van der Waals surface area contributed by atoms with Crippen molar-refractivity contribution in [3.63, 3.8) is 0 Å². The maximum atomic E-state index is 2.53. The predicted octanol–water partition coefficient (Wildman–Crippen LogP) is 3.98. The molecule has 0 bridgehead atoms. The van der Waals surface area contributed by atoms with Crippen molar-refractivity contribution in [2.45, 2.75) is 52.1 Å². The summed E-state index contributed by atoms with van der Waals surface area (Å²) in [7, 11) is -0.831. The average Bonchev–Trinajstić information content (AvgIpc) is 1.98. The van der Waals surface area contributed by atoms with Gasteiger partial charge in [0.25, 0.3) is 0 Å². The summed E-state index contributed by atoms with van der Waals surface area (Å²) in [5.41, 5.74) is 0.958. The van der Waals surface area contributed by atoms with Crippen molar-refractivity contribution in [1.29, 1.82) is 0 Å². The standard InChI is InChI=1S/C11H27P/c1-6-7-8-9-10-12(4,5)11(2)3/h11-12H,6-10H2,1-5H3. The van der Waals surface area contributed by atoms with Crippen molar-refractivity contribution in [3.8, 4) is 0 Å². The van der Waals surface area contributed by atoms with Crippen LogP contribution in [0.5, 0.6) is 0 Å². The van der Waals surface area contributed by atoms with Gasteiger partial charge in [0.15, 0.2) is 0 Å². The van der Waals surface area contributed by atoms with Gasteiger partial charge in [-0.05, 0) is 0 Å². The Morgan fingerprint density at radius 3 is 2.00 bits per heavy atom. The van der Waals surface area contributed by atoms with Crippen LogP contribution in [0.4, 0.5) is 0 Å². The van der Waals surface area contributed by atoms with Crippen LogP contribution in [0, 0.1) is 0 Å². The van der Waals surface area contributed by atoms with Crippen LogP contribution in [0.2, 0.25) is 0 Å². The molecule has 0 aliphatic heterocycles. The van der Waals surface area contributed by atoms with Gasteiger partial charge in [-0.15, -0.1) is 0 Å². The molecule has 0 saturated carbocycles. The van der Waals surface area contributed by atoms with Crippen LogP contribution in [-0.4, -0.2) is 25.2 Å². The molecule has 1 heteroatoms. The van der Waals surface area contributed by atoms with Crippen molar-refractivity contribution in [2.75, 3.05) is 19.5 Å². The molecule has 0 heterocycles. The van der Waals surface area contributed by atoms with Crippen LogP contribution >= 0.6 is 7.26 Å². The summed E-state index contributed by atoms with van der Waals surface area (Å²) in [6, 6.07) is 0. The quantitative estimate of drug-likeness (QED) is 0.439. The summed E-state index contributed by atoms with van der Waals surface area (Å²) in [4.78, 5) is 0. The number of rotatable bonds is 6. The Morgan fingerprint density at radius 1 is 1.00 bits per heavy atom. The topological polar surface area (TPSA) is 0 Å². The first-order valence-electron chi connectivity index (χ1n) is 5.50. The first-order chi connectivity index (χ1) is 5.50. The van der Waals surface area contributed by atoms with Gasteiger partial charge in [-0.3, -0.25) is 0 Å². The van der Waals surface area contributed by atoms with Crippen molar-refractivity contribution >= 4 is 7.26 Å². The summed E-state index contributed by atoms with van der Waals surface area (Å²) < 4.78 is 0. The molecule has 0 spiro atoms. The van der Waals surface area contributed by atoms with E-state index in [-0.39, 0.29) is 0 Å². The molecule has 0 nitrogen and oxygen atoms in total. The minimum atomic E-state index is -0.831. The van der Waals surface area contributed by atoms with E-state index < -0.39 is 7.26 Å². The molecule has 0 unspecified atom stereocenters. The molecule has 0 aromatic rings. The van der Waals surface area contributed by atoms with Gasteiger partial charge in [0.2, 0.25) is 0 Å². The second kappa shape index (κ2) is 5.97. The Bertz CT molecular complexity index is 106. The Labute approximate surface area is 79.5 Å². The third kappa shape index (κ3) is 5.14. The molecule has 0 fully saturated rings. The number of hydrogen-bond donors (Lipinski definition) is 0. The Kier molecular flexibility index (Phi) is 6.19. The molecule has 0 amide bonds. The molecule has 0 aromatic heterocycles. The third-order valence-corrected chi connectivity index (χ3v) is 8.01. The van der Waals surface area contributed by atoms with Gasteiger partial charge >= 0.3 is 78.9 Å². The zero-order valence-electron chi connectivity index (χ0n) is 9.61. The molecular weight excluding hydrogens is 163 g/mol. The molecule has 12 heavy (non-hydrogen) atoms. The van der Waals surface area contributed by atoms with E-state index in [1.165, 1.54) is 31.8 Å². The van der Waals surface area contributed by atoms with Crippen LogP contribution in [0.15, 0.2) is 0 Å². The van der Waals surface area contributed by atoms with Gasteiger partial charge in [0.05, 0.1) is 0 Å². The maximum absolute atomic E-state index is 2.53. The summed E-state index contributed by atoms with van der Waals surface area (Å²) in [5, 5.41) is 0. The summed E-state index contributed by atoms with van der Waals surface area (Å²) in [6.07, 6.45) is 7.27. The predicted molar refractivity (Wildman–Crippen MR) is 64.3 cm³/mol. The van der Waals surface area contributed by atoms with E-state index in [0.29, 0.717) is 0 Å². The van der Waals surface area contributed by atoms with Gasteiger partial charge in [-0.2, -0.15) is 0 Å². The first-order valence-corrected chi connectivity index (χ1v) is 8.79. The van der Waals surface area contributed by atoms with E-state index >= 15 is 0 Å². The van der Waals surface area contributed by atoms with Crippen molar-refractivity contribution in [1.82, 2.24) is 0 Å². The molecule has 0 radical (unpaired) electrons. The van der Waals surface area contributed by atoms with E-state index in [4.69, 9.17) is 0 Å². The zero-order chi connectivity index (χ0) is 9.61. The van der Waals surface area contributed by atoms with Crippen molar-refractivity contribution in [3.05, 3.63) is 0 Å². The number of hydrogen-bond acceptors (Lipinski definition) is 0. The Hall–Kier alpha value is 0.430. The van der Waals surface area contributed by atoms with Gasteiger partial charge in [-0.1, -0.05) is 0 Å². The van der Waals surface area contributed by atoms with E-state index in [9.17, 15) is 0 Å². The van der Waals surface area contributed by atoms with E-state index in [0.717, 1.165) is 5.66 Å². The molecule has 0 saturated heterocycles. The molecule has 0 rings (SSSR count). The van der Waals surface area contributed by atoms with Crippen molar-refractivity contribution < 1.29 is 0 Å². The average molecular weight is 190 g/mol. The van der Waals surface area contributed by atoms with Crippen LogP contribution < -0.4 is 0 Å². The first kappa shape index (κ1) is 12.4. The van der Waals surface area contributed by atoms with Crippen LogP contribution in [-0.2, 0) is 0 Å². The van der Waals surface area contributed by atoms with Gasteiger partial charge in [-0.25, -0.2) is 0 Å². The second-order valence-electron chi connectivity index (χ2n) is 4.95. The van der Waals surface area contributed by atoms with Crippen LogP contribution in [0.3, 0.4) is 0 Å². The fourth-order valence-electron chi connectivity index (χ4n) is 1.30. The van der Waals surface area contributed by atoms with E-state index in [2.05, 4.69) is 34.1 Å². The van der Waals surface area contributed by atoms with Gasteiger partial charge in [0.1, 0.15) is 0 Å². The molecule has 0 aliphatic rings. The monoisotopic (exact) mass is 190 g/mol. The van der Waals surface area contributed by atoms with Crippen LogP contribution in [0.25, 0.3) is 0 Å². The van der Waals surface area contributed by atoms with Crippen LogP contribution in [0.1, 0.15) is 46.5 Å². The molecule has 76 valence electrons. The fourth-order valence-corrected chi connectivity index (χ4v) is 3.03. The third-order valence-electron chi connectivity index (χ3n) is 3.24. The zero-order valence-corrected chi connectivity index (χ0v) is 10.6. The Morgan fingerprint density at radius 2 is 1.58 bits per heavy atom. The number of unbranched alkanes of at least 4 members (excludes halogenated alkanes) is 3. The van der Waals surface area contributed by atoms with Crippen molar-refractivity contribution in [2.24, 2.45) is 0 Å². The second-order valence-corrected chi connectivity index (χ2v) is 10.6. The van der Waals surface area contributed by atoms with E-state index in [1.807, 2.05) is 0 Å². The summed E-state index contributed by atoms with van der Waals surface area (Å²) in [5.74, 6) is 0. The minimum absolute atomic E-state index is 0.831. The normalized spacial score (nSPS) is 13.8. The molecular formula is C11H27P. The van der Waals surface area contributed by atoms with E-state index in [1.54, 1.807) is 0 Å². The fraction of sp³-hybridized carbons (Fsp3) is 1.00. The molecule has 0 aromatic carbocycles. The molecule has 0 N–H and O–H groups in total. The molecule has 0 aliphatic carbocycles. The summed E-state index contributed by atoms with van der Waals surface area (Å²) in [6.45, 7) is 12.1. The van der Waals surface area contributed by atoms with Gasteiger partial charge < -0.3 is 0 Å².